The second-order valence-electron chi connectivity index (χ2n) is 18.6. The number of allylic oxidation sites excluding steroid dienone is 1. The third kappa shape index (κ3) is 9.01. The van der Waals surface area contributed by atoms with Gasteiger partial charge in [0.15, 0.2) is 6.29 Å². The molecule has 1 N–H and O–H groups in total. The van der Waals surface area contributed by atoms with E-state index >= 15 is 0 Å². The molecule has 9 nitrogen and oxygen atoms in total. The summed E-state index contributed by atoms with van der Waals surface area (Å²) < 4.78 is 19.1. The summed E-state index contributed by atoms with van der Waals surface area (Å²) >= 11 is 0. The Bertz CT molecular complexity index is 1380. The third-order valence-electron chi connectivity index (χ3n) is 13.8. The van der Waals surface area contributed by atoms with Gasteiger partial charge in [0.1, 0.15) is 12.6 Å². The Balaban J connectivity index is 0.973. The molecule has 1 heterocycles. The van der Waals surface area contributed by atoms with Crippen LogP contribution in [0.3, 0.4) is 0 Å². The molecule has 284 valence electrons. The van der Waals surface area contributed by atoms with E-state index in [2.05, 4.69) is 77.6 Å². The lowest BCUT2D eigenvalue weighted by atomic mass is 9.47. The molecule has 6 rings (SSSR count). The van der Waals surface area contributed by atoms with Gasteiger partial charge in [-0.15, -0.1) is 5.12 Å². The molecule has 1 aliphatic heterocycles. The average Bonchev–Trinajstić information content (AvgIpc) is 3.86. The van der Waals surface area contributed by atoms with Crippen molar-refractivity contribution in [3.8, 4) is 0 Å². The number of alkyl carbamates (subject to hydrolysis) is 1. The van der Waals surface area contributed by atoms with Gasteiger partial charge < -0.3 is 24.0 Å². The van der Waals surface area contributed by atoms with Crippen LogP contribution in [0.4, 0.5) is 10.5 Å². The third-order valence-corrected chi connectivity index (χ3v) is 13.8. The molecule has 4 aliphatic carbocycles. The Kier molecular flexibility index (Phi) is 11.9. The predicted molar refractivity (Wildman–Crippen MR) is 203 cm³/mol. The summed E-state index contributed by atoms with van der Waals surface area (Å²) in [5.74, 6) is 4.98. The fraction of sp³-hybridized carbons (Fsp3) is 0.786. The van der Waals surface area contributed by atoms with Crippen LogP contribution in [-0.4, -0.2) is 64.1 Å². The number of likely N-dealkylation sites (N-methyl/N-ethyl adjacent to an activating group) is 1. The first kappa shape index (κ1) is 38.2. The van der Waals surface area contributed by atoms with Gasteiger partial charge in [0.05, 0.1) is 40.0 Å². The molecule has 0 spiro atoms. The quantitative estimate of drug-likeness (QED) is 0.0801. The largest absolute Gasteiger partial charge is 0.446 e. The molecular weight excluding hydrogens is 638 g/mol. The molecule has 3 fully saturated rings. The molecule has 0 saturated heterocycles. The van der Waals surface area contributed by atoms with Crippen molar-refractivity contribution >= 4 is 11.8 Å². The van der Waals surface area contributed by atoms with Gasteiger partial charge in [-0.3, -0.25) is 0 Å². The summed E-state index contributed by atoms with van der Waals surface area (Å²) in [6.45, 7) is 14.6. The maximum Gasteiger partial charge on any atom is 0.407 e. The van der Waals surface area contributed by atoms with E-state index in [0.29, 0.717) is 25.2 Å². The molecule has 1 aromatic carbocycles. The Hall–Kier alpha value is -2.49. The van der Waals surface area contributed by atoms with E-state index in [9.17, 15) is 4.79 Å². The number of hydrogen-bond acceptors (Lipinski definition) is 7. The van der Waals surface area contributed by atoms with E-state index in [1.54, 1.807) is 10.7 Å². The Morgan fingerprint density at radius 3 is 2.41 bits per heavy atom. The minimum absolute atomic E-state index is 0.0657. The van der Waals surface area contributed by atoms with E-state index < -0.39 is 6.29 Å². The normalized spacial score (nSPS) is 32.5. The molecular formula is C42H68N5O4+. The van der Waals surface area contributed by atoms with Crippen molar-refractivity contribution in [2.75, 3.05) is 52.6 Å². The van der Waals surface area contributed by atoms with Crippen molar-refractivity contribution in [1.29, 1.82) is 0 Å². The van der Waals surface area contributed by atoms with Crippen molar-refractivity contribution < 1.29 is 23.5 Å². The van der Waals surface area contributed by atoms with Crippen LogP contribution >= 0.6 is 0 Å². The topological polar surface area (TPSA) is 84.5 Å². The standard InChI is InChI=1S/C42H67N5O4/c1-29(2)10-9-11-30(3)36-18-19-37-35-17-14-32-28-34(20-22-41(32,4)38(35)21-23-42(36,37)5)51-40(48)43-24-26-49-39(50-27-25-47(6,7)8)31-12-15-33(16-13-31)46-44-45-46/h12-16,29-30,34-39H,9-11,17-28H2,1-8H3/p+1/t30-,34+,35+,36-,37+,38+,39?,41+,42-/m1/s1. The summed E-state index contributed by atoms with van der Waals surface area (Å²) in [4.78, 5) is 13.0. The Morgan fingerprint density at radius 1 is 0.961 bits per heavy atom. The fourth-order valence-corrected chi connectivity index (χ4v) is 10.8. The molecule has 1 unspecified atom stereocenters. The highest BCUT2D eigenvalue weighted by atomic mass is 16.7. The Labute approximate surface area is 308 Å². The first-order chi connectivity index (χ1) is 24.3. The fourth-order valence-electron chi connectivity index (χ4n) is 10.8. The molecule has 9 atom stereocenters. The first-order valence-electron chi connectivity index (χ1n) is 20.3. The van der Waals surface area contributed by atoms with Crippen LogP contribution in [0.1, 0.15) is 117 Å². The van der Waals surface area contributed by atoms with Crippen LogP contribution in [0, 0.1) is 46.3 Å². The number of quaternary nitrogens is 1. The zero-order chi connectivity index (χ0) is 36.4. The van der Waals surface area contributed by atoms with Crippen LogP contribution in [0.15, 0.2) is 46.4 Å². The molecule has 3 saturated carbocycles. The van der Waals surface area contributed by atoms with Gasteiger partial charge in [0, 0.05) is 18.5 Å². The smallest absolute Gasteiger partial charge is 0.407 e. The summed E-state index contributed by atoms with van der Waals surface area (Å²) in [5, 5.41) is 12.2. The van der Waals surface area contributed by atoms with Crippen LogP contribution in [0.2, 0.25) is 0 Å². The molecule has 5 aliphatic rings. The maximum atomic E-state index is 13.0. The van der Waals surface area contributed by atoms with Crippen molar-refractivity contribution in [2.24, 2.45) is 56.8 Å². The second-order valence-corrected chi connectivity index (χ2v) is 18.6. The highest BCUT2D eigenvalue weighted by Crippen LogP contribution is 2.67. The minimum atomic E-state index is -0.532. The molecule has 51 heavy (non-hydrogen) atoms. The van der Waals surface area contributed by atoms with Crippen molar-refractivity contribution in [3.63, 3.8) is 0 Å². The van der Waals surface area contributed by atoms with Crippen LogP contribution < -0.4 is 10.4 Å². The predicted octanol–water partition coefficient (Wildman–Crippen LogP) is 9.66. The number of anilines is 1. The van der Waals surface area contributed by atoms with E-state index in [0.717, 1.165) is 77.0 Å². The lowest BCUT2D eigenvalue weighted by Crippen LogP contribution is -2.51. The van der Waals surface area contributed by atoms with Gasteiger partial charge in [0.2, 0.25) is 0 Å². The number of benzene rings is 1. The van der Waals surface area contributed by atoms with E-state index in [4.69, 9.17) is 14.2 Å². The van der Waals surface area contributed by atoms with Gasteiger partial charge in [-0.05, 0) is 114 Å². The number of nitrogens with one attached hydrogen (secondary N) is 1. The van der Waals surface area contributed by atoms with Crippen molar-refractivity contribution in [1.82, 2.24) is 5.32 Å². The zero-order valence-electron chi connectivity index (χ0n) is 33.0. The highest BCUT2D eigenvalue weighted by Gasteiger charge is 2.59. The highest BCUT2D eigenvalue weighted by molar-refractivity contribution is 5.67. The van der Waals surface area contributed by atoms with Crippen molar-refractivity contribution in [2.45, 2.75) is 118 Å². The number of ether oxygens (including phenoxy) is 3. The van der Waals surface area contributed by atoms with Crippen LogP contribution in [-0.2, 0) is 14.2 Å². The zero-order valence-corrected chi connectivity index (χ0v) is 33.0. The van der Waals surface area contributed by atoms with Gasteiger partial charge in [-0.2, -0.15) is 0 Å². The number of carbonyl (C=O) groups excluding carboxylic acids is 1. The van der Waals surface area contributed by atoms with Gasteiger partial charge in [-0.25, -0.2) is 4.79 Å². The molecule has 0 radical (unpaired) electrons. The molecule has 1 amide bonds. The summed E-state index contributed by atoms with van der Waals surface area (Å²) in [5.41, 5.74) is 4.12. The SMILES string of the molecule is CC(C)CCC[C@@H](C)[C@H]1CC[C@H]2[C@@H]3CC=C4C[C@@H](OC(=O)NCCOC(OCC[N+](C)(C)C)c5ccc(N6N=N6)cc5)CC[C@]4(C)[C@H]3CC[C@]12C. The number of fused-ring (bicyclic) bond motifs is 5. The number of amides is 1. The summed E-state index contributed by atoms with van der Waals surface area (Å²) in [7, 11) is 6.42. The van der Waals surface area contributed by atoms with E-state index in [-0.39, 0.29) is 17.6 Å². The first-order valence-corrected chi connectivity index (χ1v) is 20.3. The Morgan fingerprint density at radius 2 is 1.71 bits per heavy atom. The lowest BCUT2D eigenvalue weighted by molar-refractivity contribution is -0.871. The van der Waals surface area contributed by atoms with Gasteiger partial charge in [-0.1, -0.05) is 77.7 Å². The number of rotatable bonds is 16. The number of carbonyl (C=O) groups is 1. The second kappa shape index (κ2) is 15.9. The summed E-state index contributed by atoms with van der Waals surface area (Å²) in [6.07, 6.45) is 15.5. The van der Waals surface area contributed by atoms with E-state index in [1.807, 2.05) is 24.3 Å². The van der Waals surface area contributed by atoms with Gasteiger partial charge >= 0.3 is 6.09 Å². The molecule has 0 aromatic heterocycles. The lowest BCUT2D eigenvalue weighted by Gasteiger charge is -2.58. The number of hydrogen-bond donors (Lipinski definition) is 1. The average molecular weight is 707 g/mol. The maximum absolute atomic E-state index is 13.0. The molecule has 9 heteroatoms. The van der Waals surface area contributed by atoms with Crippen molar-refractivity contribution in [3.05, 3.63) is 41.5 Å². The molecule has 1 aromatic rings. The monoisotopic (exact) mass is 707 g/mol. The van der Waals surface area contributed by atoms with E-state index in [1.165, 1.54) is 51.4 Å². The van der Waals surface area contributed by atoms with Gasteiger partial charge in [0.25, 0.3) is 0 Å². The number of nitrogens with zero attached hydrogens (tertiary/aromatic N) is 4. The van der Waals surface area contributed by atoms with Crippen LogP contribution in [0.25, 0.3) is 0 Å². The molecule has 0 bridgehead atoms. The minimum Gasteiger partial charge on any atom is -0.446 e. The van der Waals surface area contributed by atoms with Crippen LogP contribution in [0.5, 0.6) is 0 Å². The summed E-state index contributed by atoms with van der Waals surface area (Å²) in [6, 6.07) is 7.85.